The molecular weight excluding hydrogens is 490 g/mol. The molecule has 3 heterocycles. The molecule has 0 bridgehead atoms. The van der Waals surface area contributed by atoms with E-state index in [0.29, 0.717) is 36.2 Å². The monoisotopic (exact) mass is 523 g/mol. The van der Waals surface area contributed by atoms with Crippen LogP contribution in [0.2, 0.25) is 5.02 Å². The van der Waals surface area contributed by atoms with Crippen LogP contribution in [0.3, 0.4) is 0 Å². The van der Waals surface area contributed by atoms with Gasteiger partial charge in [-0.15, -0.1) is 0 Å². The molecule has 2 saturated heterocycles. The summed E-state index contributed by atoms with van der Waals surface area (Å²) in [5.41, 5.74) is 1.99. The lowest BCUT2D eigenvalue weighted by Gasteiger charge is -2.34. The summed E-state index contributed by atoms with van der Waals surface area (Å²) in [4.78, 5) is 17.3. The molecule has 2 fully saturated rings. The molecule has 3 aromatic rings. The molecule has 2 aliphatic rings. The summed E-state index contributed by atoms with van der Waals surface area (Å²) in [7, 11) is 0. The van der Waals surface area contributed by atoms with E-state index in [-0.39, 0.29) is 12.0 Å². The Balaban J connectivity index is 1.14. The molecular formula is C29H34ClN3O4. The van der Waals surface area contributed by atoms with E-state index in [0.717, 1.165) is 68.2 Å². The first-order chi connectivity index (χ1) is 18.1. The van der Waals surface area contributed by atoms with Crippen molar-refractivity contribution in [3.63, 3.8) is 0 Å². The van der Waals surface area contributed by atoms with Gasteiger partial charge in [-0.1, -0.05) is 29.8 Å². The molecule has 37 heavy (non-hydrogen) atoms. The number of benzene rings is 2. The van der Waals surface area contributed by atoms with Crippen molar-refractivity contribution in [3.05, 3.63) is 70.9 Å². The number of halogens is 1. The number of ether oxygens (including phenoxy) is 2. The Labute approximate surface area is 223 Å². The van der Waals surface area contributed by atoms with Crippen LogP contribution in [0.5, 0.6) is 11.5 Å². The summed E-state index contributed by atoms with van der Waals surface area (Å²) in [5.74, 6) is 2.41. The zero-order valence-corrected chi connectivity index (χ0v) is 22.0. The average molecular weight is 524 g/mol. The maximum absolute atomic E-state index is 13.1. The molecule has 1 amide bonds. The van der Waals surface area contributed by atoms with Gasteiger partial charge < -0.3 is 24.1 Å². The lowest BCUT2D eigenvalue weighted by Crippen LogP contribution is -2.48. The summed E-state index contributed by atoms with van der Waals surface area (Å²) in [6, 6.07) is 17.4. The lowest BCUT2D eigenvalue weighted by molar-refractivity contribution is 0.0598. The van der Waals surface area contributed by atoms with Crippen LogP contribution in [0.25, 0.3) is 11.3 Å². The van der Waals surface area contributed by atoms with Crippen molar-refractivity contribution in [2.75, 3.05) is 45.9 Å². The number of hydrogen-bond acceptors (Lipinski definition) is 6. The molecule has 2 aliphatic heterocycles. The molecule has 7 nitrogen and oxygen atoms in total. The highest BCUT2D eigenvalue weighted by atomic mass is 35.5. The minimum atomic E-state index is -0.0813. The van der Waals surface area contributed by atoms with Crippen molar-refractivity contribution in [2.45, 2.75) is 32.4 Å². The molecule has 5 rings (SSSR count). The van der Waals surface area contributed by atoms with Gasteiger partial charge in [-0.3, -0.25) is 9.69 Å². The van der Waals surface area contributed by atoms with Crippen molar-refractivity contribution in [1.82, 2.24) is 15.1 Å². The van der Waals surface area contributed by atoms with Crippen LogP contribution in [0.1, 0.15) is 35.9 Å². The van der Waals surface area contributed by atoms with E-state index < -0.39 is 0 Å². The van der Waals surface area contributed by atoms with Gasteiger partial charge in [0.05, 0.1) is 17.2 Å². The van der Waals surface area contributed by atoms with Gasteiger partial charge in [-0.2, -0.15) is 0 Å². The number of nitrogens with zero attached hydrogens (tertiary/aromatic N) is 2. The van der Waals surface area contributed by atoms with E-state index >= 15 is 0 Å². The summed E-state index contributed by atoms with van der Waals surface area (Å²) in [6.45, 7) is 8.14. The Bertz CT molecular complexity index is 1200. The summed E-state index contributed by atoms with van der Waals surface area (Å²) >= 11 is 6.54. The molecule has 0 atom stereocenters. The Morgan fingerprint density at radius 3 is 2.57 bits per heavy atom. The molecule has 8 heteroatoms. The van der Waals surface area contributed by atoms with Crippen molar-refractivity contribution >= 4 is 17.5 Å². The average Bonchev–Trinajstić information content (AvgIpc) is 3.42. The fraction of sp³-hybridized carbons (Fsp3) is 0.414. The van der Waals surface area contributed by atoms with Crippen LogP contribution in [-0.2, 0) is 6.54 Å². The fourth-order valence-electron chi connectivity index (χ4n) is 4.90. The number of nitrogens with one attached hydrogen (secondary N) is 1. The smallest absolute Gasteiger partial charge is 0.289 e. The second-order valence-electron chi connectivity index (χ2n) is 9.49. The number of carbonyl (C=O) groups is 1. The summed E-state index contributed by atoms with van der Waals surface area (Å²) < 4.78 is 17.8. The number of hydrogen-bond donors (Lipinski definition) is 1. The summed E-state index contributed by atoms with van der Waals surface area (Å²) in [6.07, 6.45) is 2.22. The standard InChI is InChI=1S/C29H34ClN3O4/c1-2-35-25-6-4-3-5-23(25)26-9-10-28(37-26)29(34)33-17-15-32(16-18-33)20-21-7-8-27(24(30)19-21)36-22-11-13-31-14-12-22/h3-10,19,22,31H,2,11-18,20H2,1H3. The van der Waals surface area contributed by atoms with E-state index in [9.17, 15) is 4.79 Å². The van der Waals surface area contributed by atoms with Crippen LogP contribution < -0.4 is 14.8 Å². The Morgan fingerprint density at radius 2 is 1.81 bits per heavy atom. The van der Waals surface area contributed by atoms with E-state index in [4.69, 9.17) is 25.5 Å². The largest absolute Gasteiger partial charge is 0.493 e. The molecule has 0 aliphatic carbocycles. The quantitative estimate of drug-likeness (QED) is 0.444. The lowest BCUT2D eigenvalue weighted by atomic mass is 10.1. The second-order valence-corrected chi connectivity index (χ2v) is 9.90. The topological polar surface area (TPSA) is 67.2 Å². The fourth-order valence-corrected chi connectivity index (χ4v) is 5.15. The maximum Gasteiger partial charge on any atom is 0.289 e. The van der Waals surface area contributed by atoms with E-state index in [1.165, 1.54) is 0 Å². The van der Waals surface area contributed by atoms with Gasteiger partial charge in [-0.25, -0.2) is 0 Å². The number of rotatable bonds is 8. The Hall–Kier alpha value is -3.00. The minimum Gasteiger partial charge on any atom is -0.493 e. The van der Waals surface area contributed by atoms with Gasteiger partial charge in [0.25, 0.3) is 5.91 Å². The molecule has 0 saturated carbocycles. The number of para-hydroxylation sites is 1. The molecule has 2 aromatic carbocycles. The molecule has 0 spiro atoms. The third-order valence-corrected chi connectivity index (χ3v) is 7.21. The zero-order chi connectivity index (χ0) is 25.6. The van der Waals surface area contributed by atoms with Gasteiger partial charge in [0, 0.05) is 32.7 Å². The first kappa shape index (κ1) is 25.6. The van der Waals surface area contributed by atoms with Crippen molar-refractivity contribution < 1.29 is 18.7 Å². The highest BCUT2D eigenvalue weighted by Crippen LogP contribution is 2.32. The third kappa shape index (κ3) is 6.29. The number of piperazine rings is 1. The van der Waals surface area contributed by atoms with E-state index in [1.807, 2.05) is 54.3 Å². The number of amides is 1. The van der Waals surface area contributed by atoms with Gasteiger partial charge in [0.15, 0.2) is 5.76 Å². The van der Waals surface area contributed by atoms with Gasteiger partial charge in [-0.05, 0) is 74.8 Å². The highest BCUT2D eigenvalue weighted by Gasteiger charge is 2.25. The van der Waals surface area contributed by atoms with Crippen molar-refractivity contribution in [3.8, 4) is 22.8 Å². The molecule has 196 valence electrons. The molecule has 0 radical (unpaired) electrons. The predicted molar refractivity (Wildman–Crippen MR) is 144 cm³/mol. The van der Waals surface area contributed by atoms with Crippen LogP contribution in [0, 0.1) is 0 Å². The zero-order valence-electron chi connectivity index (χ0n) is 21.2. The highest BCUT2D eigenvalue weighted by molar-refractivity contribution is 6.32. The maximum atomic E-state index is 13.1. The van der Waals surface area contributed by atoms with E-state index in [2.05, 4.69) is 16.3 Å². The molecule has 1 N–H and O–H groups in total. The predicted octanol–water partition coefficient (Wildman–Crippen LogP) is 5.09. The third-order valence-electron chi connectivity index (χ3n) is 6.91. The SMILES string of the molecule is CCOc1ccccc1-c1ccc(C(=O)N2CCN(Cc3ccc(OC4CCNCC4)c(Cl)c3)CC2)o1. The Morgan fingerprint density at radius 1 is 1.03 bits per heavy atom. The first-order valence-electron chi connectivity index (χ1n) is 13.1. The first-order valence-corrected chi connectivity index (χ1v) is 13.5. The van der Waals surface area contributed by atoms with Gasteiger partial charge in [0.1, 0.15) is 23.4 Å². The minimum absolute atomic E-state index is 0.0813. The molecule has 0 unspecified atom stereocenters. The van der Waals surface area contributed by atoms with Crippen LogP contribution >= 0.6 is 11.6 Å². The second kappa shape index (κ2) is 12.0. The van der Waals surface area contributed by atoms with E-state index in [1.54, 1.807) is 6.07 Å². The Kier molecular flexibility index (Phi) is 8.34. The van der Waals surface area contributed by atoms with Crippen molar-refractivity contribution in [2.24, 2.45) is 0 Å². The number of carbonyl (C=O) groups excluding carboxylic acids is 1. The van der Waals surface area contributed by atoms with Crippen LogP contribution in [0.4, 0.5) is 0 Å². The summed E-state index contributed by atoms with van der Waals surface area (Å²) in [5, 5.41) is 4.01. The number of furan rings is 1. The van der Waals surface area contributed by atoms with Crippen LogP contribution in [-0.4, -0.2) is 67.7 Å². The van der Waals surface area contributed by atoms with Crippen LogP contribution in [0.15, 0.2) is 59.0 Å². The molecule has 1 aromatic heterocycles. The van der Waals surface area contributed by atoms with Gasteiger partial charge in [0.2, 0.25) is 0 Å². The normalized spacial score (nSPS) is 17.1. The van der Waals surface area contributed by atoms with Crippen molar-refractivity contribution in [1.29, 1.82) is 0 Å². The number of piperidine rings is 1. The van der Waals surface area contributed by atoms with Gasteiger partial charge >= 0.3 is 0 Å².